The normalized spacial score (nSPS) is 10.9. The molecule has 0 aromatic carbocycles. The van der Waals surface area contributed by atoms with Gasteiger partial charge in [-0.2, -0.15) is 0 Å². The molecular weight excluding hydrogens is 248 g/mol. The second-order valence-corrected chi connectivity index (χ2v) is 6.38. The summed E-state index contributed by atoms with van der Waals surface area (Å²) in [5.74, 6) is 2.36. The van der Waals surface area contributed by atoms with E-state index in [0.717, 1.165) is 10.2 Å². The van der Waals surface area contributed by atoms with Crippen LogP contribution in [0.4, 0.5) is 0 Å². The van der Waals surface area contributed by atoms with Crippen LogP contribution in [0.5, 0.6) is 0 Å². The first-order valence-electron chi connectivity index (χ1n) is 6.72. The zero-order chi connectivity index (χ0) is 12.3. The van der Waals surface area contributed by atoms with Gasteiger partial charge in [0.05, 0.1) is 0 Å². The van der Waals surface area contributed by atoms with Crippen LogP contribution in [0.3, 0.4) is 0 Å². The zero-order valence-electron chi connectivity index (χ0n) is 11.0. The maximum Gasteiger partial charge on any atom is 0.161 e. The summed E-state index contributed by atoms with van der Waals surface area (Å²) in [6.07, 6.45) is 7.81. The Morgan fingerprint density at radius 2 is 1.29 bits per heavy atom. The number of hydrogen-bond acceptors (Lipinski definition) is 3. The van der Waals surface area contributed by atoms with Gasteiger partial charge in [-0.1, -0.05) is 63.1 Å². The number of unbranched alkanes of at least 4 members (excludes halogenated alkanes) is 4. The van der Waals surface area contributed by atoms with Gasteiger partial charge < -0.3 is 4.42 Å². The van der Waals surface area contributed by atoms with Gasteiger partial charge in [0.2, 0.25) is 0 Å². The van der Waals surface area contributed by atoms with Crippen LogP contribution in [0.25, 0.3) is 0 Å². The van der Waals surface area contributed by atoms with E-state index in [-0.39, 0.29) is 0 Å². The van der Waals surface area contributed by atoms with E-state index in [9.17, 15) is 0 Å². The molecule has 0 radical (unpaired) electrons. The molecule has 0 aliphatic carbocycles. The third-order valence-electron chi connectivity index (χ3n) is 2.54. The van der Waals surface area contributed by atoms with Crippen molar-refractivity contribution in [3.8, 4) is 0 Å². The molecule has 1 heterocycles. The summed E-state index contributed by atoms with van der Waals surface area (Å²) in [5.41, 5.74) is 0. The smallest absolute Gasteiger partial charge is 0.161 e. The maximum absolute atomic E-state index is 5.77. The molecule has 0 bridgehead atoms. The Morgan fingerprint density at radius 3 is 1.71 bits per heavy atom. The Morgan fingerprint density at radius 1 is 0.824 bits per heavy atom. The average molecular weight is 272 g/mol. The fraction of sp³-hybridized carbons (Fsp3) is 0.714. The topological polar surface area (TPSA) is 13.1 Å². The lowest BCUT2D eigenvalue weighted by Crippen LogP contribution is -1.78. The van der Waals surface area contributed by atoms with E-state index in [1.807, 2.05) is 23.5 Å². The highest BCUT2D eigenvalue weighted by Crippen LogP contribution is 2.28. The predicted molar refractivity (Wildman–Crippen MR) is 79.2 cm³/mol. The summed E-state index contributed by atoms with van der Waals surface area (Å²) in [6, 6.07) is 4.22. The van der Waals surface area contributed by atoms with Crippen LogP contribution in [-0.4, -0.2) is 11.5 Å². The van der Waals surface area contributed by atoms with Crippen LogP contribution in [0.2, 0.25) is 0 Å². The van der Waals surface area contributed by atoms with E-state index in [1.54, 1.807) is 0 Å². The molecule has 0 aliphatic rings. The van der Waals surface area contributed by atoms with Crippen molar-refractivity contribution in [1.82, 2.24) is 0 Å². The molecule has 98 valence electrons. The van der Waals surface area contributed by atoms with Crippen LogP contribution in [-0.2, 0) is 0 Å². The molecule has 0 atom stereocenters. The summed E-state index contributed by atoms with van der Waals surface area (Å²) in [6.45, 7) is 4.48. The van der Waals surface area contributed by atoms with Crippen LogP contribution >= 0.6 is 23.5 Å². The van der Waals surface area contributed by atoms with Crippen molar-refractivity contribution in [2.24, 2.45) is 0 Å². The Kier molecular flexibility index (Phi) is 8.81. The maximum atomic E-state index is 5.77. The van der Waals surface area contributed by atoms with Crippen molar-refractivity contribution in [3.05, 3.63) is 12.1 Å². The lowest BCUT2D eigenvalue weighted by Gasteiger charge is -1.98. The fourth-order valence-corrected chi connectivity index (χ4v) is 3.29. The number of thioether (sulfide) groups is 2. The molecule has 0 N–H and O–H groups in total. The molecule has 0 fully saturated rings. The second-order valence-electron chi connectivity index (χ2n) is 4.18. The Hall–Kier alpha value is -0.0200. The van der Waals surface area contributed by atoms with E-state index in [0.29, 0.717) is 0 Å². The number of furan rings is 1. The quantitative estimate of drug-likeness (QED) is 0.392. The van der Waals surface area contributed by atoms with Gasteiger partial charge in [0, 0.05) is 11.5 Å². The second kappa shape index (κ2) is 9.95. The predicted octanol–water partition coefficient (Wildman–Crippen LogP) is 5.84. The third-order valence-corrected chi connectivity index (χ3v) is 4.53. The molecule has 1 nitrogen and oxygen atoms in total. The summed E-state index contributed by atoms with van der Waals surface area (Å²) in [7, 11) is 0. The molecule has 0 amide bonds. The van der Waals surface area contributed by atoms with Crippen molar-refractivity contribution < 1.29 is 4.42 Å². The molecular formula is C14H24OS2. The van der Waals surface area contributed by atoms with Crippen molar-refractivity contribution >= 4 is 23.5 Å². The van der Waals surface area contributed by atoms with Crippen molar-refractivity contribution in [2.45, 2.75) is 62.6 Å². The molecule has 1 rings (SSSR count). The first-order valence-corrected chi connectivity index (χ1v) is 8.69. The summed E-state index contributed by atoms with van der Waals surface area (Å²) >= 11 is 3.69. The third kappa shape index (κ3) is 7.10. The highest BCUT2D eigenvalue weighted by molar-refractivity contribution is 7.99. The monoisotopic (exact) mass is 272 g/mol. The highest BCUT2D eigenvalue weighted by Gasteiger charge is 2.02. The van der Waals surface area contributed by atoms with Crippen LogP contribution < -0.4 is 0 Å². The van der Waals surface area contributed by atoms with Gasteiger partial charge in [-0.05, 0) is 25.0 Å². The highest BCUT2D eigenvalue weighted by atomic mass is 32.2. The van der Waals surface area contributed by atoms with Gasteiger partial charge in [-0.3, -0.25) is 0 Å². The Labute approximate surface area is 114 Å². The first-order chi connectivity index (χ1) is 8.36. The minimum atomic E-state index is 1.08. The summed E-state index contributed by atoms with van der Waals surface area (Å²) in [5, 5.41) is 2.16. The largest absolute Gasteiger partial charge is 0.444 e. The lowest BCUT2D eigenvalue weighted by atomic mass is 10.3. The standard InChI is InChI=1S/C14H24OS2/c1-3-5-7-11-16-13-9-10-14(15-13)17-12-8-6-4-2/h9-10H,3-8,11-12H2,1-2H3. The van der Waals surface area contributed by atoms with Crippen LogP contribution in [0.15, 0.2) is 26.7 Å². The fourth-order valence-electron chi connectivity index (χ4n) is 1.51. The molecule has 3 heteroatoms. The van der Waals surface area contributed by atoms with Crippen molar-refractivity contribution in [1.29, 1.82) is 0 Å². The van der Waals surface area contributed by atoms with E-state index < -0.39 is 0 Å². The Balaban J connectivity index is 2.14. The molecule has 0 spiro atoms. The molecule has 0 aliphatic heterocycles. The van der Waals surface area contributed by atoms with Crippen LogP contribution in [0.1, 0.15) is 52.4 Å². The number of rotatable bonds is 10. The minimum Gasteiger partial charge on any atom is -0.444 e. The van der Waals surface area contributed by atoms with Gasteiger partial charge in [0.15, 0.2) is 10.2 Å². The molecule has 0 saturated heterocycles. The van der Waals surface area contributed by atoms with Gasteiger partial charge in [-0.25, -0.2) is 0 Å². The van der Waals surface area contributed by atoms with Gasteiger partial charge in [-0.15, -0.1) is 0 Å². The van der Waals surface area contributed by atoms with E-state index in [4.69, 9.17) is 4.42 Å². The minimum absolute atomic E-state index is 1.08. The average Bonchev–Trinajstić information content (AvgIpc) is 2.78. The Bertz CT molecular complexity index is 257. The van der Waals surface area contributed by atoms with Crippen molar-refractivity contribution in [2.75, 3.05) is 11.5 Å². The van der Waals surface area contributed by atoms with Gasteiger partial charge >= 0.3 is 0 Å². The summed E-state index contributed by atoms with van der Waals surface area (Å²) < 4.78 is 5.77. The molecule has 17 heavy (non-hydrogen) atoms. The molecule has 0 unspecified atom stereocenters. The number of hydrogen-bond donors (Lipinski definition) is 0. The van der Waals surface area contributed by atoms with Crippen LogP contribution in [0, 0.1) is 0 Å². The van der Waals surface area contributed by atoms with E-state index in [1.165, 1.54) is 50.0 Å². The lowest BCUT2D eigenvalue weighted by molar-refractivity contribution is 0.396. The van der Waals surface area contributed by atoms with E-state index >= 15 is 0 Å². The first kappa shape index (κ1) is 15.0. The molecule has 1 aromatic heterocycles. The van der Waals surface area contributed by atoms with E-state index in [2.05, 4.69) is 26.0 Å². The molecule has 0 saturated carbocycles. The summed E-state index contributed by atoms with van der Waals surface area (Å²) in [4.78, 5) is 0. The zero-order valence-corrected chi connectivity index (χ0v) is 12.7. The SMILES string of the molecule is CCCCCSc1ccc(SCCCCC)o1. The van der Waals surface area contributed by atoms with Crippen molar-refractivity contribution in [3.63, 3.8) is 0 Å². The van der Waals surface area contributed by atoms with Gasteiger partial charge in [0.25, 0.3) is 0 Å². The van der Waals surface area contributed by atoms with Gasteiger partial charge in [0.1, 0.15) is 0 Å². The molecule has 1 aromatic rings.